The summed E-state index contributed by atoms with van der Waals surface area (Å²) in [4.78, 5) is 9.57. The largest absolute Gasteiger partial charge is 0.338 e. The predicted molar refractivity (Wildman–Crippen MR) is 61.1 cm³/mol. The molecule has 86 valence electrons. The van der Waals surface area contributed by atoms with Crippen LogP contribution in [-0.2, 0) is 6.54 Å². The second-order valence-corrected chi connectivity index (χ2v) is 4.89. The molecule has 0 aliphatic rings. The van der Waals surface area contributed by atoms with E-state index in [2.05, 4.69) is 27.4 Å². The molecule has 2 rings (SSSR count). The molecule has 1 unspecified atom stereocenters. The number of hydrogen-bond acceptors (Lipinski definition) is 6. The van der Waals surface area contributed by atoms with Crippen LogP contribution in [0.3, 0.4) is 0 Å². The molecule has 5 nitrogen and oxygen atoms in total. The molecule has 0 saturated carbocycles. The van der Waals surface area contributed by atoms with E-state index in [9.17, 15) is 0 Å². The maximum absolute atomic E-state index is 5.02. The lowest BCUT2D eigenvalue weighted by atomic mass is 10.3. The van der Waals surface area contributed by atoms with Gasteiger partial charge in [0.15, 0.2) is 5.82 Å². The molecule has 2 heterocycles. The minimum absolute atomic E-state index is 0.249. The minimum atomic E-state index is 0.249. The van der Waals surface area contributed by atoms with Crippen LogP contribution < -0.4 is 5.32 Å². The lowest BCUT2D eigenvalue weighted by molar-refractivity contribution is 0.358. The van der Waals surface area contributed by atoms with Gasteiger partial charge in [0.05, 0.1) is 11.6 Å². The number of aryl methyl sites for hydroxylation is 2. The van der Waals surface area contributed by atoms with Gasteiger partial charge in [0.1, 0.15) is 0 Å². The Bertz CT molecular complexity index is 465. The first-order valence-corrected chi connectivity index (χ1v) is 5.91. The van der Waals surface area contributed by atoms with Crippen LogP contribution in [0.25, 0.3) is 0 Å². The van der Waals surface area contributed by atoms with Crippen LogP contribution in [0.4, 0.5) is 0 Å². The monoisotopic (exact) mass is 238 g/mol. The van der Waals surface area contributed by atoms with Gasteiger partial charge < -0.3 is 9.84 Å². The van der Waals surface area contributed by atoms with Gasteiger partial charge >= 0.3 is 0 Å². The average Bonchev–Trinajstić information content (AvgIpc) is 2.84. The van der Waals surface area contributed by atoms with E-state index in [0.29, 0.717) is 18.3 Å². The van der Waals surface area contributed by atoms with Gasteiger partial charge in [-0.25, -0.2) is 4.98 Å². The van der Waals surface area contributed by atoms with Crippen LogP contribution >= 0.6 is 11.3 Å². The molecular formula is C10H14N4OS. The number of aromatic nitrogens is 3. The van der Waals surface area contributed by atoms with Gasteiger partial charge in [-0.05, 0) is 20.8 Å². The van der Waals surface area contributed by atoms with E-state index in [1.807, 2.05) is 20.0 Å². The van der Waals surface area contributed by atoms with Crippen molar-refractivity contribution in [1.29, 1.82) is 0 Å². The van der Waals surface area contributed by atoms with Crippen molar-refractivity contribution in [1.82, 2.24) is 20.4 Å². The number of nitrogens with zero attached hydrogens (tertiary/aromatic N) is 3. The Kier molecular flexibility index (Phi) is 3.31. The van der Waals surface area contributed by atoms with Crippen LogP contribution in [0, 0.1) is 13.8 Å². The Hall–Kier alpha value is -1.27. The first kappa shape index (κ1) is 11.2. The molecule has 0 aliphatic heterocycles. The van der Waals surface area contributed by atoms with Gasteiger partial charge in [0, 0.05) is 17.1 Å². The standard InChI is InChI=1S/C10H14N4OS/c1-6(9-4-12-8(3)16-9)11-5-10-13-7(2)14-15-10/h4,6,11H,5H2,1-3H3. The van der Waals surface area contributed by atoms with E-state index in [0.717, 1.165) is 5.01 Å². The van der Waals surface area contributed by atoms with E-state index < -0.39 is 0 Å². The van der Waals surface area contributed by atoms with E-state index in [1.165, 1.54) is 4.88 Å². The second-order valence-electron chi connectivity index (χ2n) is 3.62. The van der Waals surface area contributed by atoms with Gasteiger partial charge in [0.25, 0.3) is 0 Å². The molecule has 6 heteroatoms. The molecule has 1 atom stereocenters. The van der Waals surface area contributed by atoms with Crippen LogP contribution in [-0.4, -0.2) is 15.1 Å². The van der Waals surface area contributed by atoms with Crippen molar-refractivity contribution in [3.8, 4) is 0 Å². The summed E-state index contributed by atoms with van der Waals surface area (Å²) in [5, 5.41) is 8.13. The number of nitrogens with one attached hydrogen (secondary N) is 1. The fourth-order valence-corrected chi connectivity index (χ4v) is 2.14. The van der Waals surface area contributed by atoms with Gasteiger partial charge in [-0.3, -0.25) is 0 Å². The Labute approximate surface area is 97.9 Å². The highest BCUT2D eigenvalue weighted by molar-refractivity contribution is 7.11. The molecule has 0 bridgehead atoms. The van der Waals surface area contributed by atoms with Crippen molar-refractivity contribution >= 4 is 11.3 Å². The molecule has 2 aromatic heterocycles. The second kappa shape index (κ2) is 4.71. The summed E-state index contributed by atoms with van der Waals surface area (Å²) in [5.41, 5.74) is 0. The molecule has 0 fully saturated rings. The molecule has 2 aromatic rings. The minimum Gasteiger partial charge on any atom is -0.338 e. The molecular weight excluding hydrogens is 224 g/mol. The highest BCUT2D eigenvalue weighted by atomic mass is 32.1. The summed E-state index contributed by atoms with van der Waals surface area (Å²) in [6, 6.07) is 0.249. The van der Waals surface area contributed by atoms with E-state index in [1.54, 1.807) is 11.3 Å². The van der Waals surface area contributed by atoms with E-state index in [4.69, 9.17) is 4.52 Å². The summed E-state index contributed by atoms with van der Waals surface area (Å²) in [5.74, 6) is 1.28. The lowest BCUT2D eigenvalue weighted by Gasteiger charge is -2.08. The number of thiazole rings is 1. The van der Waals surface area contributed by atoms with Crippen molar-refractivity contribution < 1.29 is 4.52 Å². The Morgan fingerprint density at radius 3 is 2.88 bits per heavy atom. The topological polar surface area (TPSA) is 63.8 Å². The third-order valence-corrected chi connectivity index (χ3v) is 3.29. The summed E-state index contributed by atoms with van der Waals surface area (Å²) < 4.78 is 5.02. The molecule has 16 heavy (non-hydrogen) atoms. The van der Waals surface area contributed by atoms with Gasteiger partial charge in [-0.1, -0.05) is 5.16 Å². The maximum atomic E-state index is 5.02. The fourth-order valence-electron chi connectivity index (χ4n) is 1.33. The smallest absolute Gasteiger partial charge is 0.240 e. The van der Waals surface area contributed by atoms with Crippen LogP contribution in [0.15, 0.2) is 10.7 Å². The number of hydrogen-bond donors (Lipinski definition) is 1. The quantitative estimate of drug-likeness (QED) is 0.882. The van der Waals surface area contributed by atoms with Crippen LogP contribution in [0.5, 0.6) is 0 Å². The third-order valence-electron chi connectivity index (χ3n) is 2.20. The average molecular weight is 238 g/mol. The predicted octanol–water partition coefficient (Wildman–Crippen LogP) is 1.99. The highest BCUT2D eigenvalue weighted by Crippen LogP contribution is 2.19. The van der Waals surface area contributed by atoms with Crippen molar-refractivity contribution in [2.24, 2.45) is 0 Å². The van der Waals surface area contributed by atoms with Crippen molar-refractivity contribution in [3.63, 3.8) is 0 Å². The van der Waals surface area contributed by atoms with Gasteiger partial charge in [-0.15, -0.1) is 11.3 Å². The third kappa shape index (κ3) is 2.65. The summed E-state index contributed by atoms with van der Waals surface area (Å²) in [6.07, 6.45) is 1.90. The van der Waals surface area contributed by atoms with Crippen molar-refractivity contribution in [2.45, 2.75) is 33.4 Å². The summed E-state index contributed by atoms with van der Waals surface area (Å²) in [6.45, 7) is 6.49. The normalized spacial score (nSPS) is 12.9. The molecule has 0 aromatic carbocycles. The lowest BCUT2D eigenvalue weighted by Crippen LogP contribution is -2.17. The molecule has 1 N–H and O–H groups in total. The van der Waals surface area contributed by atoms with Crippen LogP contribution in [0.1, 0.15) is 34.6 Å². The van der Waals surface area contributed by atoms with Crippen molar-refractivity contribution in [2.75, 3.05) is 0 Å². The van der Waals surface area contributed by atoms with Gasteiger partial charge in [0.2, 0.25) is 5.89 Å². The molecule has 0 spiro atoms. The molecule has 0 aliphatic carbocycles. The zero-order valence-corrected chi connectivity index (χ0v) is 10.3. The number of rotatable bonds is 4. The molecule has 0 amide bonds. The Morgan fingerprint density at radius 2 is 2.31 bits per heavy atom. The van der Waals surface area contributed by atoms with Crippen LogP contribution in [0.2, 0.25) is 0 Å². The zero-order chi connectivity index (χ0) is 11.5. The zero-order valence-electron chi connectivity index (χ0n) is 9.52. The first-order valence-electron chi connectivity index (χ1n) is 5.10. The van der Waals surface area contributed by atoms with Crippen molar-refractivity contribution in [3.05, 3.63) is 27.8 Å². The highest BCUT2D eigenvalue weighted by Gasteiger charge is 2.10. The van der Waals surface area contributed by atoms with E-state index in [-0.39, 0.29) is 6.04 Å². The maximum Gasteiger partial charge on any atom is 0.240 e. The Morgan fingerprint density at radius 1 is 1.50 bits per heavy atom. The summed E-state index contributed by atoms with van der Waals surface area (Å²) in [7, 11) is 0. The first-order chi connectivity index (χ1) is 7.65. The summed E-state index contributed by atoms with van der Waals surface area (Å²) >= 11 is 1.70. The Balaban J connectivity index is 1.91. The SMILES string of the molecule is Cc1noc(CNC(C)c2cnc(C)s2)n1. The molecule has 0 radical (unpaired) electrons. The van der Waals surface area contributed by atoms with Gasteiger partial charge in [-0.2, -0.15) is 4.98 Å². The fraction of sp³-hybridized carbons (Fsp3) is 0.500. The molecule has 0 saturated heterocycles. The van der Waals surface area contributed by atoms with E-state index >= 15 is 0 Å².